The van der Waals surface area contributed by atoms with Gasteiger partial charge < -0.3 is 5.73 Å². The van der Waals surface area contributed by atoms with Gasteiger partial charge in [-0.25, -0.2) is 8.42 Å². The van der Waals surface area contributed by atoms with Crippen molar-refractivity contribution in [1.29, 1.82) is 0 Å². The Morgan fingerprint density at radius 3 is 2.90 bits per heavy atom. The average molecular weight is 333 g/mol. The van der Waals surface area contributed by atoms with Crippen molar-refractivity contribution in [2.24, 2.45) is 0 Å². The van der Waals surface area contributed by atoms with Crippen LogP contribution in [0.15, 0.2) is 29.2 Å². The van der Waals surface area contributed by atoms with Crippen LogP contribution in [0.3, 0.4) is 0 Å². The Morgan fingerprint density at radius 2 is 2.20 bits per heavy atom. The molecule has 0 bridgehead atoms. The largest absolute Gasteiger partial charge is 0.398 e. The number of sulfonamides is 1. The number of para-hydroxylation sites is 1. The highest BCUT2D eigenvalue weighted by Gasteiger charge is 2.26. The first-order valence-electron chi connectivity index (χ1n) is 6.56. The molecule has 2 rings (SSSR count). The van der Waals surface area contributed by atoms with Crippen LogP contribution in [0, 0.1) is 0 Å². The molecule has 1 atom stereocenters. The molecule has 0 amide bonds. The minimum atomic E-state index is -3.14. The van der Waals surface area contributed by atoms with E-state index in [1.165, 1.54) is 11.8 Å². The van der Waals surface area contributed by atoms with E-state index in [2.05, 4.69) is 6.92 Å². The summed E-state index contributed by atoms with van der Waals surface area (Å²) in [6.07, 6.45) is 0. The normalized spacial score (nSPS) is 20.9. The smallest absolute Gasteiger partial charge is 0.214 e. The lowest BCUT2D eigenvalue weighted by molar-refractivity contribution is 0.425. The van der Waals surface area contributed by atoms with Gasteiger partial charge in [-0.3, -0.25) is 0 Å². The van der Waals surface area contributed by atoms with Crippen molar-refractivity contribution in [3.05, 3.63) is 24.3 Å². The predicted molar refractivity (Wildman–Crippen MR) is 88.9 cm³/mol. The second-order valence-corrected chi connectivity index (χ2v) is 9.51. The standard InChI is InChI=1S/C13H20N2O2S3/c1-11-10-15(6-7-18-11)20(16,17)9-8-19-13-5-3-2-4-12(13)14/h2-5,11H,6-10,14H2,1H3. The monoisotopic (exact) mass is 332 g/mol. The highest BCUT2D eigenvalue weighted by molar-refractivity contribution is 8.01. The lowest BCUT2D eigenvalue weighted by atomic mass is 10.3. The summed E-state index contributed by atoms with van der Waals surface area (Å²) < 4.78 is 26.2. The van der Waals surface area contributed by atoms with E-state index in [0.717, 1.165) is 10.6 Å². The van der Waals surface area contributed by atoms with Crippen LogP contribution in [0.25, 0.3) is 0 Å². The number of thioether (sulfide) groups is 2. The molecule has 1 fully saturated rings. The van der Waals surface area contributed by atoms with Gasteiger partial charge in [0.05, 0.1) is 5.75 Å². The molecule has 0 aromatic heterocycles. The van der Waals surface area contributed by atoms with E-state index in [9.17, 15) is 8.42 Å². The molecule has 0 radical (unpaired) electrons. The van der Waals surface area contributed by atoms with Gasteiger partial charge in [0.1, 0.15) is 0 Å². The molecule has 1 unspecified atom stereocenters. The zero-order chi connectivity index (χ0) is 14.6. The van der Waals surface area contributed by atoms with E-state index in [-0.39, 0.29) is 5.75 Å². The zero-order valence-electron chi connectivity index (χ0n) is 11.5. The molecule has 1 saturated heterocycles. The third kappa shape index (κ3) is 4.31. The van der Waals surface area contributed by atoms with Gasteiger partial charge >= 0.3 is 0 Å². The fourth-order valence-corrected chi connectivity index (χ4v) is 6.14. The molecule has 20 heavy (non-hydrogen) atoms. The molecule has 112 valence electrons. The van der Waals surface area contributed by atoms with E-state index in [1.807, 2.05) is 36.0 Å². The molecule has 0 spiro atoms. The van der Waals surface area contributed by atoms with E-state index in [0.29, 0.717) is 29.8 Å². The van der Waals surface area contributed by atoms with E-state index >= 15 is 0 Å². The van der Waals surface area contributed by atoms with Crippen molar-refractivity contribution in [3.63, 3.8) is 0 Å². The third-order valence-electron chi connectivity index (χ3n) is 3.12. The molecule has 1 heterocycles. The Hall–Kier alpha value is -0.370. The molecular weight excluding hydrogens is 312 g/mol. The van der Waals surface area contributed by atoms with Crippen LogP contribution >= 0.6 is 23.5 Å². The number of rotatable bonds is 5. The summed E-state index contributed by atoms with van der Waals surface area (Å²) in [5, 5.41) is 0.385. The van der Waals surface area contributed by atoms with Crippen LogP contribution in [0.4, 0.5) is 5.69 Å². The molecule has 0 saturated carbocycles. The number of nitrogens with two attached hydrogens (primary N) is 1. The highest BCUT2D eigenvalue weighted by atomic mass is 32.2. The van der Waals surface area contributed by atoms with Crippen LogP contribution in [-0.4, -0.2) is 48.3 Å². The van der Waals surface area contributed by atoms with Gasteiger partial charge in [-0.05, 0) is 12.1 Å². The Bertz CT molecular complexity index is 548. The van der Waals surface area contributed by atoms with Crippen LogP contribution in [0.1, 0.15) is 6.92 Å². The van der Waals surface area contributed by atoms with Crippen LogP contribution in [0.5, 0.6) is 0 Å². The molecule has 0 aliphatic carbocycles. The first-order valence-corrected chi connectivity index (χ1v) is 10.2. The average Bonchev–Trinajstić information content (AvgIpc) is 2.41. The van der Waals surface area contributed by atoms with Crippen LogP contribution < -0.4 is 5.73 Å². The van der Waals surface area contributed by atoms with E-state index in [1.54, 1.807) is 4.31 Å². The summed E-state index contributed by atoms with van der Waals surface area (Å²) in [6.45, 7) is 3.34. The quantitative estimate of drug-likeness (QED) is 0.661. The minimum absolute atomic E-state index is 0.170. The minimum Gasteiger partial charge on any atom is -0.398 e. The molecule has 1 aliphatic heterocycles. The van der Waals surface area contributed by atoms with E-state index < -0.39 is 10.0 Å². The third-order valence-corrected chi connectivity index (χ3v) is 7.44. The molecule has 4 nitrogen and oxygen atoms in total. The summed E-state index contributed by atoms with van der Waals surface area (Å²) in [6, 6.07) is 7.55. The summed E-state index contributed by atoms with van der Waals surface area (Å²) in [4.78, 5) is 0.949. The topological polar surface area (TPSA) is 63.4 Å². The van der Waals surface area contributed by atoms with Gasteiger partial charge in [-0.1, -0.05) is 19.1 Å². The number of hydrogen-bond acceptors (Lipinski definition) is 5. The SMILES string of the molecule is CC1CN(S(=O)(=O)CCSc2ccccc2N)CCS1. The number of nitrogen functional groups attached to an aromatic ring is 1. The maximum absolute atomic E-state index is 12.3. The second-order valence-electron chi connectivity index (χ2n) is 4.74. The summed E-state index contributed by atoms with van der Waals surface area (Å²) in [7, 11) is -3.14. The van der Waals surface area contributed by atoms with Crippen molar-refractivity contribution in [2.75, 3.05) is 36.1 Å². The van der Waals surface area contributed by atoms with Crippen molar-refractivity contribution in [1.82, 2.24) is 4.31 Å². The van der Waals surface area contributed by atoms with Crippen molar-refractivity contribution >= 4 is 39.2 Å². The number of hydrogen-bond donors (Lipinski definition) is 1. The lowest BCUT2D eigenvalue weighted by Crippen LogP contribution is -2.42. The maximum atomic E-state index is 12.3. The van der Waals surface area contributed by atoms with Gasteiger partial charge in [0.15, 0.2) is 0 Å². The van der Waals surface area contributed by atoms with Gasteiger partial charge in [-0.2, -0.15) is 16.1 Å². The van der Waals surface area contributed by atoms with Crippen molar-refractivity contribution in [2.45, 2.75) is 17.1 Å². The zero-order valence-corrected chi connectivity index (χ0v) is 13.9. The highest BCUT2D eigenvalue weighted by Crippen LogP contribution is 2.25. The molecule has 2 N–H and O–H groups in total. The molecule has 7 heteroatoms. The van der Waals surface area contributed by atoms with Gasteiger partial charge in [-0.15, -0.1) is 11.8 Å². The summed E-state index contributed by atoms with van der Waals surface area (Å²) in [5.74, 6) is 1.59. The Labute approximate surface area is 129 Å². The molecule has 1 aromatic rings. The Balaban J connectivity index is 1.88. The van der Waals surface area contributed by atoms with Gasteiger partial charge in [0.25, 0.3) is 0 Å². The van der Waals surface area contributed by atoms with Crippen LogP contribution in [0.2, 0.25) is 0 Å². The fourth-order valence-electron chi connectivity index (χ4n) is 2.04. The Morgan fingerprint density at radius 1 is 1.45 bits per heavy atom. The Kier molecular flexibility index (Phi) is 5.65. The molecular formula is C13H20N2O2S3. The second kappa shape index (κ2) is 7.06. The van der Waals surface area contributed by atoms with E-state index in [4.69, 9.17) is 5.73 Å². The number of anilines is 1. The van der Waals surface area contributed by atoms with Gasteiger partial charge in [0, 0.05) is 40.4 Å². The molecule has 1 aliphatic rings. The van der Waals surface area contributed by atoms with Crippen LogP contribution in [-0.2, 0) is 10.0 Å². The first-order chi connectivity index (χ1) is 9.49. The first kappa shape index (κ1) is 16.0. The van der Waals surface area contributed by atoms with Crippen molar-refractivity contribution in [3.8, 4) is 0 Å². The fraction of sp³-hybridized carbons (Fsp3) is 0.538. The number of nitrogens with zero attached hydrogens (tertiary/aromatic N) is 1. The molecule has 1 aromatic carbocycles. The maximum Gasteiger partial charge on any atom is 0.214 e. The predicted octanol–water partition coefficient (Wildman–Crippen LogP) is 2.13. The number of benzene rings is 1. The van der Waals surface area contributed by atoms with Gasteiger partial charge in [0.2, 0.25) is 10.0 Å². The summed E-state index contributed by atoms with van der Waals surface area (Å²) in [5.41, 5.74) is 6.55. The lowest BCUT2D eigenvalue weighted by Gasteiger charge is -2.29. The van der Waals surface area contributed by atoms with Crippen molar-refractivity contribution < 1.29 is 8.42 Å². The summed E-state index contributed by atoms with van der Waals surface area (Å²) >= 11 is 3.34.